The summed E-state index contributed by atoms with van der Waals surface area (Å²) >= 11 is 0. The first-order valence-electron chi connectivity index (χ1n) is 7.31. The van der Waals surface area contributed by atoms with Gasteiger partial charge < -0.3 is 14.6 Å². The van der Waals surface area contributed by atoms with Crippen LogP contribution in [0.5, 0.6) is 5.75 Å². The molecule has 1 unspecified atom stereocenters. The highest BCUT2D eigenvalue weighted by atomic mass is 16.5. The summed E-state index contributed by atoms with van der Waals surface area (Å²) in [7, 11) is 1.70. The van der Waals surface area contributed by atoms with Gasteiger partial charge in [0.15, 0.2) is 0 Å². The first-order valence-corrected chi connectivity index (χ1v) is 7.31. The SMILES string of the molecule is COc1ccc2c(c1)CCN(CC1CCC(=O)O1)C2.O=CO. The predicted molar refractivity (Wildman–Crippen MR) is 79.8 cm³/mol. The van der Waals surface area contributed by atoms with Crippen LogP contribution < -0.4 is 4.74 Å². The molecule has 1 N–H and O–H groups in total. The highest BCUT2D eigenvalue weighted by Gasteiger charge is 2.27. The lowest BCUT2D eigenvalue weighted by molar-refractivity contribution is -0.142. The third-order valence-corrected chi connectivity index (χ3v) is 3.94. The van der Waals surface area contributed by atoms with Crippen LogP contribution in [-0.4, -0.2) is 48.8 Å². The molecule has 0 spiro atoms. The summed E-state index contributed by atoms with van der Waals surface area (Å²) in [6.45, 7) is 2.57. The molecule has 22 heavy (non-hydrogen) atoms. The van der Waals surface area contributed by atoms with Crippen LogP contribution in [0.4, 0.5) is 0 Å². The van der Waals surface area contributed by atoms with Crippen molar-refractivity contribution in [2.75, 3.05) is 20.2 Å². The second kappa shape index (κ2) is 7.79. The van der Waals surface area contributed by atoms with Crippen molar-refractivity contribution in [3.8, 4) is 5.75 Å². The number of carbonyl (C=O) groups is 2. The maximum absolute atomic E-state index is 11.1. The zero-order valence-corrected chi connectivity index (χ0v) is 12.7. The summed E-state index contributed by atoms with van der Waals surface area (Å²) < 4.78 is 10.5. The quantitative estimate of drug-likeness (QED) is 0.673. The van der Waals surface area contributed by atoms with Gasteiger partial charge in [0.05, 0.1) is 7.11 Å². The van der Waals surface area contributed by atoms with E-state index in [0.29, 0.717) is 6.42 Å². The summed E-state index contributed by atoms with van der Waals surface area (Å²) in [5.41, 5.74) is 2.73. The van der Waals surface area contributed by atoms with Crippen molar-refractivity contribution in [2.24, 2.45) is 0 Å². The highest BCUT2D eigenvalue weighted by Crippen LogP contribution is 2.25. The monoisotopic (exact) mass is 307 g/mol. The van der Waals surface area contributed by atoms with Gasteiger partial charge in [-0.1, -0.05) is 6.07 Å². The number of carboxylic acid groups (broad SMARTS) is 1. The minimum atomic E-state index is -0.250. The standard InChI is InChI=1S/C15H19NO3.CH2O2/c1-18-13-3-2-12-9-16(7-6-11(12)8-13)10-14-4-5-15(17)19-14;2-1-3/h2-3,8,14H,4-7,9-10H2,1H3;1H,(H,2,3). The molecule has 1 aromatic carbocycles. The second-order valence-corrected chi connectivity index (χ2v) is 5.38. The van der Waals surface area contributed by atoms with Gasteiger partial charge in [0.1, 0.15) is 11.9 Å². The number of ether oxygens (including phenoxy) is 2. The minimum absolute atomic E-state index is 0.0489. The number of cyclic esters (lactones) is 1. The second-order valence-electron chi connectivity index (χ2n) is 5.38. The zero-order chi connectivity index (χ0) is 15.9. The number of esters is 1. The van der Waals surface area contributed by atoms with Crippen LogP contribution >= 0.6 is 0 Å². The Bertz CT molecular complexity index is 531. The van der Waals surface area contributed by atoms with E-state index in [9.17, 15) is 4.79 Å². The lowest BCUT2D eigenvalue weighted by atomic mass is 9.99. The van der Waals surface area contributed by atoms with Gasteiger partial charge in [-0.05, 0) is 36.1 Å². The molecule has 0 amide bonds. The highest BCUT2D eigenvalue weighted by molar-refractivity contribution is 5.71. The lowest BCUT2D eigenvalue weighted by Gasteiger charge is -2.30. The number of nitrogens with zero attached hydrogens (tertiary/aromatic N) is 1. The number of fused-ring (bicyclic) bond motifs is 1. The van der Waals surface area contributed by atoms with Crippen molar-refractivity contribution in [2.45, 2.75) is 31.9 Å². The van der Waals surface area contributed by atoms with Crippen molar-refractivity contribution < 1.29 is 24.2 Å². The Morgan fingerprint density at radius 2 is 2.18 bits per heavy atom. The molecule has 0 radical (unpaired) electrons. The Hall–Kier alpha value is -2.08. The number of methoxy groups -OCH3 is 1. The molecule has 1 fully saturated rings. The average Bonchev–Trinajstić information content (AvgIpc) is 2.92. The maximum Gasteiger partial charge on any atom is 0.306 e. The number of hydrogen-bond acceptors (Lipinski definition) is 5. The van der Waals surface area contributed by atoms with Crippen molar-refractivity contribution in [1.29, 1.82) is 0 Å². The number of carbonyl (C=O) groups excluding carboxylic acids is 1. The van der Waals surface area contributed by atoms with Crippen molar-refractivity contribution >= 4 is 12.4 Å². The van der Waals surface area contributed by atoms with E-state index < -0.39 is 0 Å². The summed E-state index contributed by atoms with van der Waals surface area (Å²) in [5.74, 6) is 0.879. The number of hydrogen-bond donors (Lipinski definition) is 1. The molecule has 1 atom stereocenters. The molecular formula is C16H21NO5. The Labute approximate surface area is 129 Å². The molecule has 0 aromatic heterocycles. The minimum Gasteiger partial charge on any atom is -0.497 e. The van der Waals surface area contributed by atoms with E-state index in [1.165, 1.54) is 11.1 Å². The normalized spacial score (nSPS) is 20.4. The molecule has 2 aliphatic rings. The zero-order valence-electron chi connectivity index (χ0n) is 12.7. The summed E-state index contributed by atoms with van der Waals surface area (Å²) in [4.78, 5) is 21.8. The Morgan fingerprint density at radius 3 is 2.82 bits per heavy atom. The van der Waals surface area contributed by atoms with Gasteiger partial charge in [-0.3, -0.25) is 14.5 Å². The molecule has 2 heterocycles. The van der Waals surface area contributed by atoms with E-state index in [1.807, 2.05) is 6.07 Å². The van der Waals surface area contributed by atoms with E-state index in [2.05, 4.69) is 17.0 Å². The average molecular weight is 307 g/mol. The van der Waals surface area contributed by atoms with Crippen LogP contribution in [0.1, 0.15) is 24.0 Å². The lowest BCUT2D eigenvalue weighted by Crippen LogP contribution is -2.36. The topological polar surface area (TPSA) is 76.1 Å². The van der Waals surface area contributed by atoms with Gasteiger partial charge in [-0.2, -0.15) is 0 Å². The molecule has 3 rings (SSSR count). The fourth-order valence-corrected chi connectivity index (χ4v) is 2.87. The molecule has 120 valence electrons. The molecule has 6 nitrogen and oxygen atoms in total. The van der Waals surface area contributed by atoms with Crippen LogP contribution in [0, 0.1) is 0 Å². The summed E-state index contributed by atoms with van der Waals surface area (Å²) in [6.07, 6.45) is 2.57. The molecule has 0 bridgehead atoms. The Morgan fingerprint density at radius 1 is 1.41 bits per heavy atom. The third-order valence-electron chi connectivity index (χ3n) is 3.94. The fraction of sp³-hybridized carbons (Fsp3) is 0.500. The van der Waals surface area contributed by atoms with E-state index in [-0.39, 0.29) is 18.5 Å². The van der Waals surface area contributed by atoms with Gasteiger partial charge in [0.2, 0.25) is 0 Å². The van der Waals surface area contributed by atoms with E-state index >= 15 is 0 Å². The first-order chi connectivity index (χ1) is 10.7. The first kappa shape index (κ1) is 16.3. The van der Waals surface area contributed by atoms with Gasteiger partial charge >= 0.3 is 5.97 Å². The largest absolute Gasteiger partial charge is 0.497 e. The maximum atomic E-state index is 11.1. The van der Waals surface area contributed by atoms with Gasteiger partial charge in [0, 0.05) is 26.1 Å². The smallest absolute Gasteiger partial charge is 0.306 e. The van der Waals surface area contributed by atoms with Crippen LogP contribution in [0.15, 0.2) is 18.2 Å². The van der Waals surface area contributed by atoms with Crippen molar-refractivity contribution in [3.05, 3.63) is 29.3 Å². The van der Waals surface area contributed by atoms with E-state index in [0.717, 1.165) is 38.2 Å². The van der Waals surface area contributed by atoms with E-state index in [4.69, 9.17) is 19.4 Å². The molecular weight excluding hydrogens is 286 g/mol. The van der Waals surface area contributed by atoms with Crippen LogP contribution in [-0.2, 0) is 27.3 Å². The van der Waals surface area contributed by atoms with Crippen LogP contribution in [0.2, 0.25) is 0 Å². The fourth-order valence-electron chi connectivity index (χ4n) is 2.87. The van der Waals surface area contributed by atoms with Gasteiger partial charge in [-0.15, -0.1) is 0 Å². The van der Waals surface area contributed by atoms with Crippen LogP contribution in [0.3, 0.4) is 0 Å². The third kappa shape index (κ3) is 4.21. The molecule has 0 aliphatic carbocycles. The Kier molecular flexibility index (Phi) is 5.77. The molecule has 2 aliphatic heterocycles. The predicted octanol–water partition coefficient (Wildman–Crippen LogP) is 1.46. The summed E-state index contributed by atoms with van der Waals surface area (Å²) in [5, 5.41) is 6.89. The number of benzene rings is 1. The Balaban J connectivity index is 0.000000545. The van der Waals surface area contributed by atoms with Crippen molar-refractivity contribution in [1.82, 2.24) is 4.90 Å². The molecule has 1 saturated heterocycles. The van der Waals surface area contributed by atoms with Crippen LogP contribution in [0.25, 0.3) is 0 Å². The van der Waals surface area contributed by atoms with E-state index in [1.54, 1.807) is 7.11 Å². The number of rotatable bonds is 3. The molecule has 0 saturated carbocycles. The molecule has 1 aromatic rings. The van der Waals surface area contributed by atoms with Gasteiger partial charge in [-0.25, -0.2) is 0 Å². The van der Waals surface area contributed by atoms with Gasteiger partial charge in [0.25, 0.3) is 6.47 Å². The van der Waals surface area contributed by atoms with Crippen molar-refractivity contribution in [3.63, 3.8) is 0 Å². The molecule has 6 heteroatoms. The summed E-state index contributed by atoms with van der Waals surface area (Å²) in [6, 6.07) is 6.28.